The number of carbonyl (C=O) groups excluding carboxylic acids is 6. The van der Waals surface area contributed by atoms with E-state index in [1.165, 1.54) is 21.1 Å². The van der Waals surface area contributed by atoms with Gasteiger partial charge < -0.3 is 63.6 Å². The summed E-state index contributed by atoms with van der Waals surface area (Å²) in [6.07, 6.45) is 10.3. The van der Waals surface area contributed by atoms with Gasteiger partial charge in [-0.25, -0.2) is 14.3 Å². The van der Waals surface area contributed by atoms with Crippen LogP contribution in [-0.4, -0.2) is 158 Å². The maximum Gasteiger partial charge on any atom is 0.421 e. The number of amides is 6. The van der Waals surface area contributed by atoms with Gasteiger partial charge in [0.2, 0.25) is 11.8 Å². The van der Waals surface area contributed by atoms with Gasteiger partial charge in [-0.2, -0.15) is 13.1 Å². The number of nitrogens with zero attached hydrogens (tertiary/aromatic N) is 4. The minimum Gasteiger partial charge on any atom is -0.497 e. The number of anilines is 1. The number of nitrogens with one attached hydrogen (secondary N) is 5. The van der Waals surface area contributed by atoms with E-state index in [1.54, 1.807) is 85.8 Å². The smallest absolute Gasteiger partial charge is 0.421 e. The summed E-state index contributed by atoms with van der Waals surface area (Å²) >= 11 is 0. The van der Waals surface area contributed by atoms with Crippen molar-refractivity contribution in [3.63, 3.8) is 0 Å². The van der Waals surface area contributed by atoms with Crippen LogP contribution in [0.4, 0.5) is 26.7 Å². The molecular formula is C66H75N9O16S. The maximum absolute atomic E-state index is 14.2. The Morgan fingerprint density at radius 3 is 1.73 bits per heavy atom. The van der Waals surface area contributed by atoms with Crippen LogP contribution in [0.3, 0.4) is 0 Å². The first-order valence-corrected chi connectivity index (χ1v) is 32.0. The standard InChI is InChI=1S/C66H75N9O16S/c1-39(2)60(72-65(80)90-27-26-87-25-22-69-92(82,83)73-66(81)91-38-53-49-12-9-7-8-10-13-50(49)53)62(77)70-40(3)61(76)71-45-18-14-41(15-19-45)43-28-46-34-67-54-32-58(56(85-5)30-51(54)63(78)74(46)36-43)88-23-11-24-89-59-33-55-52(31-57(59)86-6)64(79)75-37-44(29-47(75)35-68-55)42-16-20-48(84-4)21-17-42/h14-21,30-37,39-40,46-47,49-50,53,60,69H,9-13,22-29,38H2,1-6H3,(H,70,77)(H,71,76)(H,72,80)(H,73,81)/t40-,46+,47+,49-,50+,53-,60-/m1/s1. The molecule has 0 bridgehead atoms. The number of hydrogen-bond donors (Lipinski definition) is 5. The van der Waals surface area contributed by atoms with Crippen LogP contribution in [0, 0.1) is 35.5 Å². The molecule has 0 aromatic heterocycles. The van der Waals surface area contributed by atoms with Gasteiger partial charge in [0.25, 0.3) is 11.8 Å². The summed E-state index contributed by atoms with van der Waals surface area (Å²) in [6.45, 7) is 4.94. The van der Waals surface area contributed by atoms with Crippen molar-refractivity contribution in [1.29, 1.82) is 0 Å². The average molecular weight is 1280 g/mol. The van der Waals surface area contributed by atoms with E-state index in [0.717, 1.165) is 53.7 Å². The second-order valence-corrected chi connectivity index (χ2v) is 24.6. The van der Waals surface area contributed by atoms with Gasteiger partial charge in [-0.1, -0.05) is 38.1 Å². The highest BCUT2D eigenvalue weighted by Gasteiger charge is 2.49. The lowest BCUT2D eigenvalue weighted by Crippen LogP contribution is -2.53. The summed E-state index contributed by atoms with van der Waals surface area (Å²) in [4.78, 5) is 92.3. The summed E-state index contributed by atoms with van der Waals surface area (Å²) in [7, 11) is 0.422. The van der Waals surface area contributed by atoms with Crippen LogP contribution in [0.1, 0.15) is 97.6 Å². The fourth-order valence-corrected chi connectivity index (χ4v) is 12.3. The number of alkyl carbamates (subject to hydrolysis) is 1. The van der Waals surface area contributed by atoms with Crippen LogP contribution < -0.4 is 49.1 Å². The van der Waals surface area contributed by atoms with E-state index in [-0.39, 0.29) is 76.0 Å². The lowest BCUT2D eigenvalue weighted by atomic mass is 10.0. The summed E-state index contributed by atoms with van der Waals surface area (Å²) in [5, 5.41) is 7.97. The molecule has 25 nitrogen and oxygen atoms in total. The second-order valence-electron chi connectivity index (χ2n) is 23.1. The second kappa shape index (κ2) is 29.7. The number of rotatable bonds is 27. The van der Waals surface area contributed by atoms with E-state index in [0.29, 0.717) is 82.3 Å². The molecule has 4 heterocycles. The molecule has 5 N–H and O–H groups in total. The number of hydrogen-bond acceptors (Lipinski definition) is 18. The molecule has 7 atom stereocenters. The van der Waals surface area contributed by atoms with Crippen molar-refractivity contribution in [1.82, 2.24) is 29.9 Å². The highest BCUT2D eigenvalue weighted by Crippen LogP contribution is 2.52. The fourth-order valence-electron chi connectivity index (χ4n) is 11.6. The van der Waals surface area contributed by atoms with Gasteiger partial charge in [-0.15, -0.1) is 11.8 Å². The van der Waals surface area contributed by atoms with Gasteiger partial charge in [0.05, 0.1) is 88.9 Å². The minimum atomic E-state index is -4.21. The van der Waals surface area contributed by atoms with Gasteiger partial charge >= 0.3 is 22.4 Å². The van der Waals surface area contributed by atoms with Gasteiger partial charge in [0.1, 0.15) is 24.4 Å². The molecule has 0 saturated heterocycles. The van der Waals surface area contributed by atoms with Crippen molar-refractivity contribution in [3.05, 3.63) is 107 Å². The lowest BCUT2D eigenvalue weighted by molar-refractivity contribution is -0.128. The Kier molecular flexibility index (Phi) is 21.1. The zero-order valence-corrected chi connectivity index (χ0v) is 52.8. The van der Waals surface area contributed by atoms with Crippen LogP contribution >= 0.6 is 0 Å². The first kappa shape index (κ1) is 65.5. The Bertz CT molecular complexity index is 3730. The molecule has 1 fully saturated rings. The van der Waals surface area contributed by atoms with Crippen molar-refractivity contribution < 1.29 is 75.1 Å². The number of ether oxygens (including phenoxy) is 8. The zero-order valence-electron chi connectivity index (χ0n) is 52.0. The largest absolute Gasteiger partial charge is 0.497 e. The van der Waals surface area contributed by atoms with E-state index < -0.39 is 52.2 Å². The van der Waals surface area contributed by atoms with E-state index in [9.17, 15) is 37.2 Å². The SMILES string of the molecule is COc1ccc(C2=CN3C(=O)c4cc(OC)c(OCCCOc5cc6c(cc5OC)C(=O)N5C=C(c7ccc(NC(=O)[C@@H](C)NC(=O)[C@H](NC(=O)OCCOCCNS(=O)(=O)NC(=O)OC[C@@H]8[C@@H]9CCC#CCC[C@@H]98)C(C)C)cc7)C[C@H]5C=N6)cc4N=C[C@@H]3C2)cc1. The molecule has 6 amide bonds. The zero-order chi connectivity index (χ0) is 65.1. The molecule has 4 aromatic rings. The van der Waals surface area contributed by atoms with Gasteiger partial charge in [0.15, 0.2) is 23.0 Å². The molecule has 486 valence electrons. The molecule has 4 aromatic carbocycles. The molecule has 1 saturated carbocycles. The van der Waals surface area contributed by atoms with Crippen LogP contribution in [0.2, 0.25) is 0 Å². The van der Waals surface area contributed by atoms with Gasteiger partial charge in [-0.3, -0.25) is 29.2 Å². The number of aliphatic imine (C=N–C) groups is 2. The fraction of sp³-hybridized carbons (Fsp3) is 0.424. The summed E-state index contributed by atoms with van der Waals surface area (Å²) in [5.41, 5.74) is 5.78. The quantitative estimate of drug-likeness (QED) is 0.0282. The third-order valence-electron chi connectivity index (χ3n) is 16.7. The summed E-state index contributed by atoms with van der Waals surface area (Å²) in [6, 6.07) is 18.8. The number of fused-ring (bicyclic) bond motifs is 5. The minimum absolute atomic E-state index is 0.0977. The van der Waals surface area contributed by atoms with Crippen LogP contribution in [0.15, 0.2) is 95.2 Å². The van der Waals surface area contributed by atoms with E-state index in [4.69, 9.17) is 47.9 Å². The monoisotopic (exact) mass is 1280 g/mol. The van der Waals surface area contributed by atoms with Gasteiger partial charge in [0, 0.05) is 81.3 Å². The summed E-state index contributed by atoms with van der Waals surface area (Å²) < 4.78 is 73.3. The molecule has 0 spiro atoms. The maximum atomic E-state index is 14.2. The van der Waals surface area contributed by atoms with Crippen molar-refractivity contribution in [2.45, 2.75) is 89.9 Å². The Balaban J connectivity index is 0.632. The molecule has 4 aliphatic heterocycles. The average Bonchev–Trinajstić information content (AvgIpc) is 1.63. The predicted octanol–water partition coefficient (Wildman–Crippen LogP) is 7.71. The first-order valence-electron chi connectivity index (χ1n) is 30.5. The molecule has 10 rings (SSSR count). The van der Waals surface area contributed by atoms with E-state index in [1.807, 2.05) is 47.3 Å². The third kappa shape index (κ3) is 16.0. The Hall–Kier alpha value is -9.45. The Morgan fingerprint density at radius 2 is 1.20 bits per heavy atom. The highest BCUT2D eigenvalue weighted by molar-refractivity contribution is 7.88. The van der Waals surface area contributed by atoms with Crippen molar-refractivity contribution >= 4 is 86.7 Å². The molecule has 6 aliphatic rings. The predicted molar refractivity (Wildman–Crippen MR) is 341 cm³/mol. The lowest BCUT2D eigenvalue weighted by Gasteiger charge is -2.23. The number of carbonyl (C=O) groups is 6. The Labute approximate surface area is 533 Å². The van der Waals surface area contributed by atoms with Crippen LogP contribution in [-0.2, 0) is 34.0 Å². The summed E-state index contributed by atoms with van der Waals surface area (Å²) in [5.74, 6) is 7.65. The molecule has 0 unspecified atom stereocenters. The molecule has 2 aliphatic carbocycles. The van der Waals surface area contributed by atoms with Crippen molar-refractivity contribution in [2.75, 3.05) is 72.8 Å². The van der Waals surface area contributed by atoms with Crippen LogP contribution in [0.5, 0.6) is 28.7 Å². The topological polar surface area (TPSA) is 302 Å². The van der Waals surface area contributed by atoms with Crippen molar-refractivity contribution in [2.24, 2.45) is 33.7 Å². The number of benzene rings is 4. The normalized spacial score (nSPS) is 19.8. The third-order valence-corrected chi connectivity index (χ3v) is 17.7. The van der Waals surface area contributed by atoms with Gasteiger partial charge in [-0.05, 0) is 102 Å². The highest BCUT2D eigenvalue weighted by atomic mass is 32.2. The van der Waals surface area contributed by atoms with E-state index in [2.05, 4.69) is 32.5 Å². The van der Waals surface area contributed by atoms with E-state index >= 15 is 0 Å². The molecule has 0 radical (unpaired) electrons. The van der Waals surface area contributed by atoms with Crippen molar-refractivity contribution in [3.8, 4) is 40.6 Å². The first-order chi connectivity index (χ1) is 44.4. The molecule has 92 heavy (non-hydrogen) atoms. The Morgan fingerprint density at radius 1 is 0.641 bits per heavy atom. The van der Waals surface area contributed by atoms with Crippen LogP contribution in [0.25, 0.3) is 11.1 Å². The number of methoxy groups -OCH3 is 3. The molecule has 26 heteroatoms. The molecular weight excluding hydrogens is 1210 g/mol.